The van der Waals surface area contributed by atoms with Gasteiger partial charge in [0.05, 0.1) is 12.5 Å². The van der Waals surface area contributed by atoms with Crippen LogP contribution in [-0.2, 0) is 0 Å². The molecule has 0 heterocycles. The minimum Gasteiger partial charge on any atom is -0.496 e. The van der Waals surface area contributed by atoms with Gasteiger partial charge >= 0.3 is 0 Å². The molecule has 1 unspecified atom stereocenters. The van der Waals surface area contributed by atoms with Gasteiger partial charge in [0.25, 0.3) is 0 Å². The number of hydrogen-bond donors (Lipinski definition) is 0. The first kappa shape index (κ1) is 15.7. The standard InChI is InChI=1S/C16H15BrCl2O/c1-9-7-13(17)10(2)14(16(9)20-3)15(19)11-5-4-6-12(18)8-11/h4-8,15H,1-3H3. The Morgan fingerprint density at radius 1 is 1.20 bits per heavy atom. The maximum Gasteiger partial charge on any atom is 0.127 e. The zero-order valence-electron chi connectivity index (χ0n) is 11.5. The summed E-state index contributed by atoms with van der Waals surface area (Å²) in [5.41, 5.74) is 4.06. The Bertz CT molecular complexity index is 641. The van der Waals surface area contributed by atoms with Crippen molar-refractivity contribution in [3.8, 4) is 5.75 Å². The maximum absolute atomic E-state index is 6.68. The fraction of sp³-hybridized carbons (Fsp3) is 0.250. The smallest absolute Gasteiger partial charge is 0.127 e. The molecule has 106 valence electrons. The fourth-order valence-electron chi connectivity index (χ4n) is 2.28. The molecule has 0 aromatic heterocycles. The molecule has 0 bridgehead atoms. The lowest BCUT2D eigenvalue weighted by Gasteiger charge is -2.20. The molecule has 1 nitrogen and oxygen atoms in total. The van der Waals surface area contributed by atoms with E-state index in [9.17, 15) is 0 Å². The van der Waals surface area contributed by atoms with Gasteiger partial charge in [-0.1, -0.05) is 39.7 Å². The number of ether oxygens (including phenoxy) is 1. The molecule has 20 heavy (non-hydrogen) atoms. The van der Waals surface area contributed by atoms with Crippen molar-refractivity contribution in [2.75, 3.05) is 7.11 Å². The Hall–Kier alpha value is -0.700. The second-order valence-corrected chi connectivity index (χ2v) is 6.39. The molecule has 2 aromatic carbocycles. The summed E-state index contributed by atoms with van der Waals surface area (Å²) >= 11 is 16.3. The monoisotopic (exact) mass is 372 g/mol. The van der Waals surface area contributed by atoms with Gasteiger partial charge in [0.15, 0.2) is 0 Å². The largest absolute Gasteiger partial charge is 0.496 e. The van der Waals surface area contributed by atoms with Crippen LogP contribution in [0, 0.1) is 13.8 Å². The topological polar surface area (TPSA) is 9.23 Å². The van der Waals surface area contributed by atoms with E-state index in [-0.39, 0.29) is 5.38 Å². The fourth-order valence-corrected chi connectivity index (χ4v) is 3.44. The van der Waals surface area contributed by atoms with E-state index in [1.54, 1.807) is 7.11 Å². The van der Waals surface area contributed by atoms with Gasteiger partial charge in [-0.05, 0) is 48.7 Å². The Labute approximate surface area is 138 Å². The lowest BCUT2D eigenvalue weighted by molar-refractivity contribution is 0.406. The van der Waals surface area contributed by atoms with Gasteiger partial charge in [-0.3, -0.25) is 0 Å². The van der Waals surface area contributed by atoms with E-state index in [1.165, 1.54) is 0 Å². The van der Waals surface area contributed by atoms with Gasteiger partial charge in [-0.15, -0.1) is 11.6 Å². The van der Waals surface area contributed by atoms with Gasteiger partial charge < -0.3 is 4.74 Å². The van der Waals surface area contributed by atoms with Crippen molar-refractivity contribution in [3.63, 3.8) is 0 Å². The summed E-state index contributed by atoms with van der Waals surface area (Å²) in [6.45, 7) is 4.04. The van der Waals surface area contributed by atoms with E-state index in [0.717, 1.165) is 32.5 Å². The Kier molecular flexibility index (Phi) is 5.00. The third-order valence-electron chi connectivity index (χ3n) is 3.31. The predicted molar refractivity (Wildman–Crippen MR) is 89.3 cm³/mol. The molecular formula is C16H15BrCl2O. The number of benzene rings is 2. The van der Waals surface area contributed by atoms with E-state index in [2.05, 4.69) is 15.9 Å². The summed E-state index contributed by atoms with van der Waals surface area (Å²) in [6.07, 6.45) is 0. The highest BCUT2D eigenvalue weighted by molar-refractivity contribution is 9.10. The average molecular weight is 374 g/mol. The van der Waals surface area contributed by atoms with Gasteiger partial charge in [0.1, 0.15) is 5.75 Å². The summed E-state index contributed by atoms with van der Waals surface area (Å²) in [5.74, 6) is 0.825. The van der Waals surface area contributed by atoms with Crippen molar-refractivity contribution in [1.82, 2.24) is 0 Å². The summed E-state index contributed by atoms with van der Waals surface area (Å²) in [4.78, 5) is 0. The number of methoxy groups -OCH3 is 1. The van der Waals surface area contributed by atoms with Crippen molar-refractivity contribution >= 4 is 39.1 Å². The minimum atomic E-state index is -0.306. The molecule has 0 aliphatic heterocycles. The molecular weight excluding hydrogens is 359 g/mol. The molecule has 0 radical (unpaired) electrons. The second kappa shape index (κ2) is 6.38. The molecule has 4 heteroatoms. The molecule has 0 aliphatic carbocycles. The first-order valence-corrected chi connectivity index (χ1v) is 7.79. The first-order chi connectivity index (χ1) is 9.45. The third kappa shape index (κ3) is 2.98. The number of halogens is 3. The first-order valence-electron chi connectivity index (χ1n) is 6.18. The van der Waals surface area contributed by atoms with Crippen LogP contribution in [0.5, 0.6) is 5.75 Å². The van der Waals surface area contributed by atoms with Crippen LogP contribution < -0.4 is 4.74 Å². The van der Waals surface area contributed by atoms with Gasteiger partial charge in [-0.2, -0.15) is 0 Å². The number of hydrogen-bond acceptors (Lipinski definition) is 1. The summed E-state index contributed by atoms with van der Waals surface area (Å²) in [5, 5.41) is 0.372. The molecule has 0 amide bonds. The summed E-state index contributed by atoms with van der Waals surface area (Å²) < 4.78 is 6.57. The van der Waals surface area contributed by atoms with E-state index in [0.29, 0.717) is 5.02 Å². The van der Waals surface area contributed by atoms with Gasteiger partial charge in [0, 0.05) is 15.1 Å². The van der Waals surface area contributed by atoms with Crippen LogP contribution in [0.3, 0.4) is 0 Å². The molecule has 2 aromatic rings. The molecule has 0 spiro atoms. The van der Waals surface area contributed by atoms with Crippen LogP contribution in [0.25, 0.3) is 0 Å². The third-order valence-corrected chi connectivity index (χ3v) is 4.84. The Balaban J connectivity index is 2.62. The average Bonchev–Trinajstić information content (AvgIpc) is 2.41. The predicted octanol–water partition coefficient (Wildman–Crippen LogP) is 6.06. The molecule has 1 atom stereocenters. The lowest BCUT2D eigenvalue weighted by atomic mass is 9.96. The van der Waals surface area contributed by atoms with Crippen molar-refractivity contribution in [2.24, 2.45) is 0 Å². The summed E-state index contributed by atoms with van der Waals surface area (Å²) in [7, 11) is 1.67. The maximum atomic E-state index is 6.68. The lowest BCUT2D eigenvalue weighted by Crippen LogP contribution is -2.03. The number of rotatable bonds is 3. The van der Waals surface area contributed by atoms with E-state index < -0.39 is 0 Å². The number of aryl methyl sites for hydroxylation is 1. The van der Waals surface area contributed by atoms with E-state index in [1.807, 2.05) is 44.2 Å². The van der Waals surface area contributed by atoms with Crippen molar-refractivity contribution < 1.29 is 4.74 Å². The van der Waals surface area contributed by atoms with Crippen molar-refractivity contribution in [1.29, 1.82) is 0 Å². The zero-order valence-corrected chi connectivity index (χ0v) is 14.6. The Morgan fingerprint density at radius 2 is 1.90 bits per heavy atom. The van der Waals surface area contributed by atoms with Crippen LogP contribution >= 0.6 is 39.1 Å². The van der Waals surface area contributed by atoms with Crippen LogP contribution in [0.2, 0.25) is 5.02 Å². The van der Waals surface area contributed by atoms with E-state index >= 15 is 0 Å². The quantitative estimate of drug-likeness (QED) is 0.594. The van der Waals surface area contributed by atoms with Crippen LogP contribution in [0.15, 0.2) is 34.8 Å². The number of alkyl halides is 1. The van der Waals surface area contributed by atoms with Gasteiger partial charge in [0.2, 0.25) is 0 Å². The Morgan fingerprint density at radius 3 is 2.50 bits per heavy atom. The minimum absolute atomic E-state index is 0.306. The highest BCUT2D eigenvalue weighted by Crippen LogP contribution is 2.42. The SMILES string of the molecule is COc1c(C)cc(Br)c(C)c1C(Cl)c1cccc(Cl)c1. The van der Waals surface area contributed by atoms with E-state index in [4.69, 9.17) is 27.9 Å². The van der Waals surface area contributed by atoms with Crippen molar-refractivity contribution in [3.05, 3.63) is 62.1 Å². The molecule has 0 N–H and O–H groups in total. The highest BCUT2D eigenvalue weighted by atomic mass is 79.9. The molecule has 0 saturated heterocycles. The summed E-state index contributed by atoms with van der Waals surface area (Å²) in [6, 6.07) is 9.64. The van der Waals surface area contributed by atoms with Crippen molar-refractivity contribution in [2.45, 2.75) is 19.2 Å². The molecule has 2 rings (SSSR count). The molecule has 0 saturated carbocycles. The highest BCUT2D eigenvalue weighted by Gasteiger charge is 2.21. The van der Waals surface area contributed by atoms with Gasteiger partial charge in [-0.25, -0.2) is 0 Å². The zero-order chi connectivity index (χ0) is 14.9. The van der Waals surface area contributed by atoms with Crippen LogP contribution in [0.1, 0.15) is 27.6 Å². The van der Waals surface area contributed by atoms with Crippen LogP contribution in [-0.4, -0.2) is 7.11 Å². The second-order valence-electron chi connectivity index (χ2n) is 4.66. The normalized spacial score (nSPS) is 12.3. The molecule has 0 aliphatic rings. The molecule has 0 fully saturated rings. The van der Waals surface area contributed by atoms with Crippen LogP contribution in [0.4, 0.5) is 0 Å².